The van der Waals surface area contributed by atoms with E-state index in [0.717, 1.165) is 43.8 Å². The molecule has 0 saturated carbocycles. The summed E-state index contributed by atoms with van der Waals surface area (Å²) < 4.78 is 60.8. The number of hydrogen-bond donors (Lipinski definition) is 0. The van der Waals surface area contributed by atoms with Crippen molar-refractivity contribution in [2.45, 2.75) is 0 Å². The Balaban J connectivity index is 1.42. The Morgan fingerprint density at radius 3 is 1.55 bits per heavy atom. The molecule has 0 aliphatic heterocycles. The minimum Gasteiger partial charge on any atom is -0.0616 e. The molecule has 0 amide bonds. The van der Waals surface area contributed by atoms with Crippen LogP contribution in [0.5, 0.6) is 0 Å². The van der Waals surface area contributed by atoms with Crippen molar-refractivity contribution >= 4 is 43.1 Å². The average molecular weight is 514 g/mol. The van der Waals surface area contributed by atoms with Gasteiger partial charge in [-0.05, 0) is 82.5 Å². The molecule has 0 heterocycles. The Morgan fingerprint density at radius 2 is 0.875 bits per heavy atom. The van der Waals surface area contributed by atoms with Crippen LogP contribution in [0.1, 0.15) is 9.60 Å². The lowest BCUT2D eigenvalue weighted by atomic mass is 9.85. The van der Waals surface area contributed by atoms with E-state index in [4.69, 9.17) is 8.22 Å². The first-order valence-electron chi connectivity index (χ1n) is 16.8. The second-order valence-corrected chi connectivity index (χ2v) is 9.95. The molecule has 8 aromatic rings. The van der Waals surface area contributed by atoms with Gasteiger partial charge in [-0.2, -0.15) is 0 Å². The molecule has 0 spiro atoms. The molecule has 0 heteroatoms. The fourth-order valence-electron chi connectivity index (χ4n) is 5.91. The highest BCUT2D eigenvalue weighted by Gasteiger charge is 2.17. The van der Waals surface area contributed by atoms with Gasteiger partial charge < -0.3 is 0 Å². The van der Waals surface area contributed by atoms with Crippen LogP contribution in [0.15, 0.2) is 158 Å². The van der Waals surface area contributed by atoms with E-state index in [9.17, 15) is 1.37 Å². The molecule has 0 aliphatic carbocycles. The van der Waals surface area contributed by atoms with E-state index in [1.165, 1.54) is 10.8 Å². The van der Waals surface area contributed by atoms with Crippen molar-refractivity contribution in [2.75, 3.05) is 0 Å². The number of rotatable bonds is 3. The van der Waals surface area contributed by atoms with Crippen LogP contribution < -0.4 is 0 Å². The first-order valence-corrected chi connectivity index (χ1v) is 13.3. The van der Waals surface area contributed by atoms with Crippen LogP contribution in [-0.2, 0) is 0 Å². The van der Waals surface area contributed by atoms with Crippen LogP contribution in [0.3, 0.4) is 0 Å². The zero-order valence-corrected chi connectivity index (χ0v) is 21.5. The second kappa shape index (κ2) is 9.22. The first kappa shape index (κ1) is 16.7. The molecule has 8 rings (SSSR count). The van der Waals surface area contributed by atoms with Crippen molar-refractivity contribution in [1.82, 2.24) is 0 Å². The van der Waals surface area contributed by atoms with E-state index in [1.54, 1.807) is 0 Å². The summed E-state index contributed by atoms with van der Waals surface area (Å²) in [6.45, 7) is 0. The third-order valence-corrected chi connectivity index (χ3v) is 7.71. The minimum absolute atomic E-state index is 0.0479. The highest BCUT2D eigenvalue weighted by Crippen LogP contribution is 2.44. The van der Waals surface area contributed by atoms with Gasteiger partial charge in [-0.1, -0.05) is 152 Å². The highest BCUT2D eigenvalue weighted by molar-refractivity contribution is 6.21. The summed E-state index contributed by atoms with van der Waals surface area (Å²) in [5.74, 6) is 0. The van der Waals surface area contributed by atoms with Gasteiger partial charge in [0.1, 0.15) is 0 Å². The molecule has 186 valence electrons. The first-order chi connectivity index (χ1) is 22.8. The van der Waals surface area contributed by atoms with Gasteiger partial charge in [-0.25, -0.2) is 0 Å². The van der Waals surface area contributed by atoms with Gasteiger partial charge in [0, 0.05) is 0 Å². The van der Waals surface area contributed by atoms with Gasteiger partial charge in [-0.15, -0.1) is 0 Å². The minimum atomic E-state index is -0.478. The van der Waals surface area contributed by atoms with Crippen LogP contribution in [0, 0.1) is 0 Å². The topological polar surface area (TPSA) is 0 Å². The predicted molar refractivity (Wildman–Crippen MR) is 173 cm³/mol. The van der Waals surface area contributed by atoms with Crippen molar-refractivity contribution in [3.05, 3.63) is 158 Å². The summed E-state index contributed by atoms with van der Waals surface area (Å²) >= 11 is 0. The average Bonchev–Trinajstić information content (AvgIpc) is 3.11. The molecule has 40 heavy (non-hydrogen) atoms. The summed E-state index contributed by atoms with van der Waals surface area (Å²) in [5, 5.41) is 5.64. The molecule has 0 atom stereocenters. The maximum absolute atomic E-state index is 9.30. The lowest BCUT2D eigenvalue weighted by Gasteiger charge is -2.18. The van der Waals surface area contributed by atoms with Crippen molar-refractivity contribution < 1.29 is 9.60 Å². The standard InChI is InChI=1S/C40H26/c1-2-12-31-26-32(25-20-27(31)10-1)40-37-17-7-5-15-35(37)39(36-16-6-8-18-38(36)40)30-23-21-29(22-24-30)34-19-9-13-28-11-3-4-14-33(28)34/h1-26H/i1D,2D,10D,12D,20D,25D,26D. The third-order valence-electron chi connectivity index (χ3n) is 7.71. The van der Waals surface area contributed by atoms with Crippen molar-refractivity contribution in [3.8, 4) is 33.4 Å². The number of fused-ring (bicyclic) bond motifs is 4. The summed E-state index contributed by atoms with van der Waals surface area (Å²) in [7, 11) is 0. The number of benzene rings is 8. The van der Waals surface area contributed by atoms with Gasteiger partial charge >= 0.3 is 0 Å². The predicted octanol–water partition coefficient (Wildman–Crippen LogP) is 11.3. The summed E-state index contributed by atoms with van der Waals surface area (Å²) in [6, 6.07) is 36.5. The van der Waals surface area contributed by atoms with Crippen molar-refractivity contribution in [2.24, 2.45) is 0 Å². The van der Waals surface area contributed by atoms with Gasteiger partial charge in [-0.3, -0.25) is 0 Å². The SMILES string of the molecule is [2H]c1c([2H])c([2H])c2c([2H])c(-c3c4ccccc4c(-c4ccc(-c5cccc6ccccc56)cc4)c4ccccc34)c([2H])c([2H])c2c1[2H]. The molecule has 0 N–H and O–H groups in total. The Hall–Kier alpha value is -5.20. The summed E-state index contributed by atoms with van der Waals surface area (Å²) in [6.07, 6.45) is 0. The maximum atomic E-state index is 9.30. The largest absolute Gasteiger partial charge is 0.0636 e. The van der Waals surface area contributed by atoms with Gasteiger partial charge in [0.05, 0.1) is 9.60 Å². The van der Waals surface area contributed by atoms with E-state index < -0.39 is 18.1 Å². The Labute approximate surface area is 243 Å². The van der Waals surface area contributed by atoms with E-state index in [0.29, 0.717) is 5.56 Å². The molecule has 0 aliphatic rings. The zero-order chi connectivity index (χ0) is 32.6. The molecular formula is C40H26. The normalized spacial score (nSPS) is 13.9. The lowest BCUT2D eigenvalue weighted by molar-refractivity contribution is 1.63. The molecule has 8 aromatic carbocycles. The quantitative estimate of drug-likeness (QED) is 0.206. The molecule has 0 saturated heterocycles. The molecule has 0 aromatic heterocycles. The van der Waals surface area contributed by atoms with Crippen LogP contribution in [0.2, 0.25) is 0 Å². The van der Waals surface area contributed by atoms with Gasteiger partial charge in [0.2, 0.25) is 0 Å². The maximum Gasteiger partial charge on any atom is 0.0636 e. The molecule has 0 bridgehead atoms. The fourth-order valence-corrected chi connectivity index (χ4v) is 5.91. The van der Waals surface area contributed by atoms with E-state index >= 15 is 0 Å². The van der Waals surface area contributed by atoms with Gasteiger partial charge in [0.15, 0.2) is 0 Å². The van der Waals surface area contributed by atoms with Gasteiger partial charge in [0.25, 0.3) is 0 Å². The zero-order valence-electron chi connectivity index (χ0n) is 28.5. The Morgan fingerprint density at radius 1 is 0.350 bits per heavy atom. The fraction of sp³-hybridized carbons (Fsp3) is 0. The molecule has 0 fully saturated rings. The van der Waals surface area contributed by atoms with E-state index in [1.807, 2.05) is 54.6 Å². The Kier molecular flexibility index (Phi) is 3.85. The monoisotopic (exact) mass is 513 g/mol. The smallest absolute Gasteiger partial charge is 0.0616 e. The highest BCUT2D eigenvalue weighted by atomic mass is 14.2. The van der Waals surface area contributed by atoms with Crippen LogP contribution in [-0.4, -0.2) is 0 Å². The van der Waals surface area contributed by atoms with Crippen LogP contribution in [0.4, 0.5) is 0 Å². The molecule has 0 nitrogen and oxygen atoms in total. The molecule has 0 unspecified atom stereocenters. The number of hydrogen-bond acceptors (Lipinski definition) is 0. The summed E-state index contributed by atoms with van der Waals surface area (Å²) in [5.41, 5.74) is 5.07. The molecule has 0 radical (unpaired) electrons. The van der Waals surface area contributed by atoms with Crippen LogP contribution >= 0.6 is 0 Å². The summed E-state index contributed by atoms with van der Waals surface area (Å²) in [4.78, 5) is 0. The second-order valence-electron chi connectivity index (χ2n) is 9.95. The lowest BCUT2D eigenvalue weighted by Crippen LogP contribution is -1.91. The van der Waals surface area contributed by atoms with E-state index in [-0.39, 0.29) is 40.5 Å². The Bertz CT molecular complexity index is 2530. The van der Waals surface area contributed by atoms with Crippen molar-refractivity contribution in [3.63, 3.8) is 0 Å². The van der Waals surface area contributed by atoms with E-state index in [2.05, 4.69) is 60.7 Å². The van der Waals surface area contributed by atoms with Crippen molar-refractivity contribution in [1.29, 1.82) is 0 Å². The van der Waals surface area contributed by atoms with Crippen LogP contribution in [0.25, 0.3) is 76.5 Å². The molecular weight excluding hydrogens is 480 g/mol. The third kappa shape index (κ3) is 3.61.